The normalized spacial score (nSPS) is 10.4. The Bertz CT molecular complexity index is 105. The van der Waals surface area contributed by atoms with Gasteiger partial charge in [0.05, 0.1) is 0 Å². The molecule has 0 saturated carbocycles. The third-order valence-corrected chi connectivity index (χ3v) is 0.975. The van der Waals surface area contributed by atoms with Crippen LogP contribution < -0.4 is 5.32 Å². The van der Waals surface area contributed by atoms with Crippen LogP contribution in [0.1, 0.15) is 13.3 Å². The first-order valence-electron chi connectivity index (χ1n) is 3.12. The van der Waals surface area contributed by atoms with Gasteiger partial charge in [-0.15, -0.1) is 0 Å². The second-order valence-corrected chi connectivity index (χ2v) is 1.81. The van der Waals surface area contributed by atoms with E-state index in [0.29, 0.717) is 0 Å². The molecule has 0 radical (unpaired) electrons. The SMILES string of the molecule is C=C(CCNC)N=CC. The Morgan fingerprint density at radius 3 is 2.89 bits per heavy atom. The van der Waals surface area contributed by atoms with Gasteiger partial charge >= 0.3 is 0 Å². The molecule has 0 aromatic heterocycles. The first kappa shape index (κ1) is 8.37. The van der Waals surface area contributed by atoms with Crippen LogP contribution in [-0.4, -0.2) is 19.8 Å². The molecule has 0 bridgehead atoms. The molecule has 0 aliphatic carbocycles. The molecule has 2 heteroatoms. The van der Waals surface area contributed by atoms with Gasteiger partial charge in [0.15, 0.2) is 0 Å². The molecule has 0 aliphatic heterocycles. The fraction of sp³-hybridized carbons (Fsp3) is 0.571. The van der Waals surface area contributed by atoms with Gasteiger partial charge in [-0.1, -0.05) is 6.58 Å². The Balaban J connectivity index is 3.27. The molecule has 9 heavy (non-hydrogen) atoms. The molecule has 0 aromatic rings. The minimum Gasteiger partial charge on any atom is -0.319 e. The van der Waals surface area contributed by atoms with Crippen molar-refractivity contribution in [1.29, 1.82) is 0 Å². The van der Waals surface area contributed by atoms with Crippen molar-refractivity contribution in [2.45, 2.75) is 13.3 Å². The fourth-order valence-electron chi connectivity index (χ4n) is 0.516. The molecule has 0 amide bonds. The number of hydrogen-bond acceptors (Lipinski definition) is 2. The van der Waals surface area contributed by atoms with E-state index in [1.54, 1.807) is 6.21 Å². The minimum atomic E-state index is 0.931. The van der Waals surface area contributed by atoms with Crippen molar-refractivity contribution < 1.29 is 0 Å². The van der Waals surface area contributed by atoms with Gasteiger partial charge in [0.25, 0.3) is 0 Å². The minimum absolute atomic E-state index is 0.931. The second kappa shape index (κ2) is 5.51. The van der Waals surface area contributed by atoms with Gasteiger partial charge in [0.1, 0.15) is 0 Å². The van der Waals surface area contributed by atoms with Crippen LogP contribution in [0.5, 0.6) is 0 Å². The molecule has 0 aliphatic rings. The van der Waals surface area contributed by atoms with Crippen LogP contribution in [0.2, 0.25) is 0 Å². The summed E-state index contributed by atoms with van der Waals surface area (Å²) in [4.78, 5) is 4.00. The Hall–Kier alpha value is -0.630. The van der Waals surface area contributed by atoms with E-state index in [4.69, 9.17) is 0 Å². The summed E-state index contributed by atoms with van der Waals surface area (Å²) in [5, 5.41) is 3.02. The van der Waals surface area contributed by atoms with Crippen molar-refractivity contribution in [2.24, 2.45) is 4.99 Å². The lowest BCUT2D eigenvalue weighted by molar-refractivity contribution is 0.783. The molecule has 0 saturated heterocycles. The van der Waals surface area contributed by atoms with E-state index in [1.807, 2.05) is 14.0 Å². The maximum Gasteiger partial charge on any atom is 0.0340 e. The second-order valence-electron chi connectivity index (χ2n) is 1.81. The summed E-state index contributed by atoms with van der Waals surface area (Å²) in [6, 6.07) is 0. The smallest absolute Gasteiger partial charge is 0.0340 e. The summed E-state index contributed by atoms with van der Waals surface area (Å²) < 4.78 is 0. The van der Waals surface area contributed by atoms with E-state index in [-0.39, 0.29) is 0 Å². The lowest BCUT2D eigenvalue weighted by atomic mass is 10.3. The van der Waals surface area contributed by atoms with E-state index >= 15 is 0 Å². The molecule has 0 unspecified atom stereocenters. The van der Waals surface area contributed by atoms with Gasteiger partial charge in [0, 0.05) is 24.9 Å². The third-order valence-electron chi connectivity index (χ3n) is 0.975. The van der Waals surface area contributed by atoms with Gasteiger partial charge in [-0.2, -0.15) is 0 Å². The molecular formula is C7H14N2. The molecular weight excluding hydrogens is 112 g/mol. The number of nitrogens with one attached hydrogen (secondary N) is 1. The summed E-state index contributed by atoms with van der Waals surface area (Å²) in [5.41, 5.74) is 0.937. The molecule has 2 nitrogen and oxygen atoms in total. The van der Waals surface area contributed by atoms with Crippen LogP contribution in [0.3, 0.4) is 0 Å². The maximum atomic E-state index is 4.00. The van der Waals surface area contributed by atoms with Crippen LogP contribution in [0.15, 0.2) is 17.3 Å². The monoisotopic (exact) mass is 126 g/mol. The van der Waals surface area contributed by atoms with Gasteiger partial charge < -0.3 is 5.32 Å². The van der Waals surface area contributed by atoms with E-state index in [0.717, 1.165) is 18.7 Å². The van der Waals surface area contributed by atoms with Crippen LogP contribution in [0.4, 0.5) is 0 Å². The standard InChI is InChI=1S/C7H14N2/c1-4-9-7(2)5-6-8-3/h4,8H,2,5-6H2,1,3H3. The van der Waals surface area contributed by atoms with Crippen LogP contribution in [0.25, 0.3) is 0 Å². The zero-order valence-corrected chi connectivity index (χ0v) is 6.15. The van der Waals surface area contributed by atoms with E-state index in [9.17, 15) is 0 Å². The lowest BCUT2D eigenvalue weighted by Crippen LogP contribution is -2.07. The Morgan fingerprint density at radius 2 is 2.44 bits per heavy atom. The van der Waals surface area contributed by atoms with Crippen LogP contribution in [-0.2, 0) is 0 Å². The third kappa shape index (κ3) is 5.24. The number of hydrogen-bond donors (Lipinski definition) is 1. The van der Waals surface area contributed by atoms with E-state index in [2.05, 4.69) is 16.9 Å². The van der Waals surface area contributed by atoms with Crippen molar-refractivity contribution in [3.63, 3.8) is 0 Å². The zero-order chi connectivity index (χ0) is 7.11. The number of nitrogens with zero attached hydrogens (tertiary/aromatic N) is 1. The molecule has 0 spiro atoms. The highest BCUT2D eigenvalue weighted by Crippen LogP contribution is 1.95. The van der Waals surface area contributed by atoms with Gasteiger partial charge in [-0.05, 0) is 14.0 Å². The summed E-state index contributed by atoms with van der Waals surface area (Å²) in [6.45, 7) is 6.59. The van der Waals surface area contributed by atoms with E-state index in [1.165, 1.54) is 0 Å². The maximum absolute atomic E-state index is 4.00. The summed E-state index contributed by atoms with van der Waals surface area (Å²) in [5.74, 6) is 0. The molecule has 0 fully saturated rings. The molecule has 52 valence electrons. The van der Waals surface area contributed by atoms with Crippen molar-refractivity contribution in [1.82, 2.24) is 5.32 Å². The number of rotatable bonds is 4. The predicted octanol–water partition coefficient (Wildman–Crippen LogP) is 1.20. The molecule has 0 heterocycles. The average Bonchev–Trinajstić information content (AvgIpc) is 1.85. The molecule has 0 atom stereocenters. The molecule has 0 aromatic carbocycles. The topological polar surface area (TPSA) is 24.4 Å². The Morgan fingerprint density at radius 1 is 1.78 bits per heavy atom. The van der Waals surface area contributed by atoms with E-state index < -0.39 is 0 Å². The summed E-state index contributed by atoms with van der Waals surface area (Å²) in [6.07, 6.45) is 2.69. The van der Waals surface area contributed by atoms with Gasteiger partial charge in [0.2, 0.25) is 0 Å². The highest BCUT2D eigenvalue weighted by molar-refractivity contribution is 5.54. The zero-order valence-electron chi connectivity index (χ0n) is 6.15. The molecule has 1 N–H and O–H groups in total. The van der Waals surface area contributed by atoms with Crippen molar-refractivity contribution in [3.05, 3.63) is 12.3 Å². The van der Waals surface area contributed by atoms with Crippen LogP contribution >= 0.6 is 0 Å². The highest BCUT2D eigenvalue weighted by atomic mass is 14.8. The fourth-order valence-corrected chi connectivity index (χ4v) is 0.516. The van der Waals surface area contributed by atoms with Gasteiger partial charge in [-0.25, -0.2) is 0 Å². The first-order valence-corrected chi connectivity index (χ1v) is 3.12. The quantitative estimate of drug-likeness (QED) is 0.562. The van der Waals surface area contributed by atoms with Crippen LogP contribution in [0, 0.1) is 0 Å². The average molecular weight is 126 g/mol. The van der Waals surface area contributed by atoms with Crippen molar-refractivity contribution >= 4 is 6.21 Å². The molecule has 0 rings (SSSR count). The summed E-state index contributed by atoms with van der Waals surface area (Å²) in [7, 11) is 1.92. The summed E-state index contributed by atoms with van der Waals surface area (Å²) >= 11 is 0. The van der Waals surface area contributed by atoms with Gasteiger partial charge in [-0.3, -0.25) is 4.99 Å². The largest absolute Gasteiger partial charge is 0.319 e. The first-order chi connectivity index (χ1) is 4.31. The lowest BCUT2D eigenvalue weighted by Gasteiger charge is -1.96. The Labute approximate surface area is 56.7 Å². The van der Waals surface area contributed by atoms with Crippen molar-refractivity contribution in [2.75, 3.05) is 13.6 Å². The van der Waals surface area contributed by atoms with Crippen molar-refractivity contribution in [3.8, 4) is 0 Å². The highest BCUT2D eigenvalue weighted by Gasteiger charge is 1.85. The predicted molar refractivity (Wildman–Crippen MR) is 41.8 cm³/mol. The number of aliphatic imine (C=N–C) groups is 1. The Kier molecular flexibility index (Phi) is 5.12.